The molecule has 4 rings (SSSR count). The van der Waals surface area contributed by atoms with Crippen molar-refractivity contribution >= 4 is 0 Å². The van der Waals surface area contributed by atoms with Gasteiger partial charge in [-0.25, -0.2) is 0 Å². The van der Waals surface area contributed by atoms with Gasteiger partial charge in [-0.15, -0.1) is 0 Å². The first-order valence-corrected chi connectivity index (χ1v) is 13.7. The van der Waals surface area contributed by atoms with Crippen LogP contribution in [-0.2, 0) is 5.41 Å². The van der Waals surface area contributed by atoms with Crippen molar-refractivity contribution in [3.05, 3.63) is 120 Å². The zero-order valence-electron chi connectivity index (χ0n) is 25.7. The molecule has 0 spiro atoms. The molecular weight excluding hydrogens is 544 g/mol. The first-order chi connectivity index (χ1) is 20.5. The van der Waals surface area contributed by atoms with Crippen LogP contribution in [0.1, 0.15) is 58.4 Å². The predicted molar refractivity (Wildman–Crippen MR) is 168 cm³/mol. The van der Waals surface area contributed by atoms with Crippen molar-refractivity contribution < 1.29 is 24.2 Å². The van der Waals surface area contributed by atoms with Crippen LogP contribution in [0.4, 0.5) is 0 Å². The predicted octanol–water partition coefficient (Wildman–Crippen LogP) is 9.10. The maximum Gasteiger partial charge on any atom is 0.396 e. The van der Waals surface area contributed by atoms with E-state index >= 15 is 0 Å². The molecule has 220 valence electrons. The number of ether oxygens (including phenoxy) is 4. The molecule has 8 nitrogen and oxygen atoms in total. The molecular formula is C35H35N2O6+. The highest BCUT2D eigenvalue weighted by Gasteiger charge is 2.27. The van der Waals surface area contributed by atoms with Gasteiger partial charge in [0.2, 0.25) is 5.01 Å². The van der Waals surface area contributed by atoms with Crippen LogP contribution in [0.25, 0.3) is 10.0 Å². The summed E-state index contributed by atoms with van der Waals surface area (Å²) in [5, 5.41) is 26.0. The monoisotopic (exact) mass is 579 g/mol. The standard InChI is InChI=1S/C35H34N2O6/c1-21-15-25(16-22(2)33(21)42-31-13-9-11-29(40-7)27(31)19-36-38)35(5,6)26-17-23(3)34(24(4)18-26)43-32-14-10-12-30(41-8)28(32)20-37-39/h9-18H,1-8H3/p+1. The Labute approximate surface area is 252 Å². The van der Waals surface area contributed by atoms with Gasteiger partial charge >= 0.3 is 12.1 Å². The highest BCUT2D eigenvalue weighted by Crippen LogP contribution is 2.42. The third-order valence-corrected chi connectivity index (χ3v) is 7.52. The van der Waals surface area contributed by atoms with Gasteiger partial charge in [0.05, 0.1) is 14.2 Å². The van der Waals surface area contributed by atoms with Crippen molar-refractivity contribution in [3.63, 3.8) is 0 Å². The van der Waals surface area contributed by atoms with Gasteiger partial charge in [-0.05, 0) is 85.3 Å². The maximum atomic E-state index is 11.0. The second-order valence-electron chi connectivity index (χ2n) is 10.8. The summed E-state index contributed by atoms with van der Waals surface area (Å²) < 4.78 is 23.4. The highest BCUT2D eigenvalue weighted by atomic mass is 16.5. The summed E-state index contributed by atoms with van der Waals surface area (Å²) in [5.41, 5.74) is 6.44. The number of nitrogens with zero attached hydrogens (tertiary/aromatic N) is 2. The molecule has 0 unspecified atom stereocenters. The Bertz CT molecular complexity index is 1630. The van der Waals surface area contributed by atoms with E-state index in [9.17, 15) is 5.21 Å². The van der Waals surface area contributed by atoms with Crippen LogP contribution >= 0.6 is 0 Å². The van der Waals surface area contributed by atoms with Crippen LogP contribution in [0.2, 0.25) is 0 Å². The summed E-state index contributed by atoms with van der Waals surface area (Å²) in [5.74, 6) is 3.23. The zero-order chi connectivity index (χ0) is 31.3. The summed E-state index contributed by atoms with van der Waals surface area (Å²) >= 11 is 0. The van der Waals surface area contributed by atoms with Gasteiger partial charge in [-0.2, -0.15) is 5.21 Å². The molecule has 43 heavy (non-hydrogen) atoms. The Balaban J connectivity index is 1.69. The molecule has 1 N–H and O–H groups in total. The summed E-state index contributed by atoms with van der Waals surface area (Å²) in [7, 11) is 3.06. The Morgan fingerprint density at radius 3 is 1.37 bits per heavy atom. The lowest BCUT2D eigenvalue weighted by Crippen LogP contribution is -2.20. The Hall–Kier alpha value is -5.34. The van der Waals surface area contributed by atoms with E-state index < -0.39 is 0 Å². The van der Waals surface area contributed by atoms with Crippen LogP contribution in [0, 0.1) is 45.0 Å². The number of hydrogen-bond donors (Lipinski definition) is 1. The van der Waals surface area contributed by atoms with Crippen LogP contribution in [0.3, 0.4) is 0 Å². The number of methoxy groups -OCH3 is 2. The van der Waals surface area contributed by atoms with E-state index in [1.807, 2.05) is 33.8 Å². The molecule has 0 radical (unpaired) electrons. The van der Waals surface area contributed by atoms with Crippen molar-refractivity contribution in [1.29, 1.82) is 0 Å². The quantitative estimate of drug-likeness (QED) is 0.209. The van der Waals surface area contributed by atoms with E-state index in [2.05, 4.69) is 60.3 Å². The number of rotatable bonds is 8. The van der Waals surface area contributed by atoms with Crippen LogP contribution < -0.4 is 18.9 Å². The minimum absolute atomic E-state index is 0.356. The largest absolute Gasteiger partial charge is 0.498 e. The van der Waals surface area contributed by atoms with Gasteiger partial charge in [0.15, 0.2) is 22.6 Å². The minimum atomic E-state index is -0.356. The maximum absolute atomic E-state index is 11.0. The smallest absolute Gasteiger partial charge is 0.396 e. The number of hydrogen-bond acceptors (Lipinski definition) is 6. The highest BCUT2D eigenvalue weighted by molar-refractivity contribution is 5.59. The second-order valence-corrected chi connectivity index (χ2v) is 10.8. The lowest BCUT2D eigenvalue weighted by atomic mass is 9.76. The van der Waals surface area contributed by atoms with Crippen LogP contribution in [0.15, 0.2) is 60.7 Å². The molecule has 8 heteroatoms. The molecule has 0 heterocycles. The van der Waals surface area contributed by atoms with Gasteiger partial charge in [-0.1, -0.05) is 50.2 Å². The van der Waals surface area contributed by atoms with Crippen molar-refractivity contribution in [2.45, 2.75) is 47.0 Å². The number of benzene rings is 4. The van der Waals surface area contributed by atoms with E-state index in [1.165, 1.54) is 14.2 Å². The molecule has 0 aromatic heterocycles. The Kier molecular flexibility index (Phi) is 9.02. The fourth-order valence-electron chi connectivity index (χ4n) is 5.18. The average Bonchev–Trinajstić information content (AvgIpc) is 2.98. The Morgan fingerprint density at radius 2 is 1.02 bits per heavy atom. The molecule has 4 aromatic carbocycles. The van der Waals surface area contributed by atoms with E-state index in [4.69, 9.17) is 24.2 Å². The topological polar surface area (TPSA) is 88.9 Å². The van der Waals surface area contributed by atoms with Gasteiger partial charge in [-0.3, -0.25) is 0 Å². The molecule has 0 saturated carbocycles. The summed E-state index contributed by atoms with van der Waals surface area (Å²) in [6, 6.07) is 24.1. The first kappa shape index (κ1) is 30.6. The lowest BCUT2D eigenvalue weighted by Gasteiger charge is -2.29. The molecule has 0 aliphatic heterocycles. The zero-order valence-corrected chi connectivity index (χ0v) is 25.7. The van der Waals surface area contributed by atoms with Gasteiger partial charge in [0, 0.05) is 10.4 Å². The van der Waals surface area contributed by atoms with E-state index in [-0.39, 0.29) is 5.41 Å². The molecule has 0 aliphatic rings. The molecule has 4 aromatic rings. The van der Waals surface area contributed by atoms with E-state index in [1.54, 1.807) is 30.3 Å². The first-order valence-electron chi connectivity index (χ1n) is 13.7. The third kappa shape index (κ3) is 6.14. The van der Waals surface area contributed by atoms with Crippen molar-refractivity contribution in [3.8, 4) is 46.6 Å². The molecule has 0 amide bonds. The second kappa shape index (κ2) is 12.7. The third-order valence-electron chi connectivity index (χ3n) is 7.52. The van der Waals surface area contributed by atoms with Gasteiger partial charge in [0.25, 0.3) is 0 Å². The summed E-state index contributed by atoms with van der Waals surface area (Å²) in [6.45, 7) is 12.4. The lowest BCUT2D eigenvalue weighted by molar-refractivity contribution is 0.406. The molecule has 0 aliphatic carbocycles. The minimum Gasteiger partial charge on any atom is -0.498 e. The SMILES string of the molecule is COc1cccc(Oc2c(C)cc(C(C)(C)c3cc(C)c(Oc4cccc(OC)c4C#[N+]O)c(C)c3)cc2C)c1C#[N+][O-]. The van der Waals surface area contributed by atoms with Crippen molar-refractivity contribution in [1.82, 2.24) is 0 Å². The van der Waals surface area contributed by atoms with Gasteiger partial charge in [0.1, 0.15) is 23.0 Å². The molecule has 0 atom stereocenters. The van der Waals surface area contributed by atoms with Crippen LogP contribution in [0.5, 0.6) is 34.5 Å². The van der Waals surface area contributed by atoms with Gasteiger partial charge < -0.3 is 24.2 Å². The molecule has 0 saturated heterocycles. The number of aryl methyl sites for hydroxylation is 4. The fourth-order valence-corrected chi connectivity index (χ4v) is 5.18. The summed E-state index contributed by atoms with van der Waals surface area (Å²) in [4.78, 5) is 0. The normalized spacial score (nSPS) is 10.6. The van der Waals surface area contributed by atoms with E-state index in [0.717, 1.165) is 33.4 Å². The average molecular weight is 580 g/mol. The Morgan fingerprint density at radius 1 is 0.651 bits per heavy atom. The van der Waals surface area contributed by atoms with E-state index in [0.29, 0.717) is 45.6 Å². The van der Waals surface area contributed by atoms with Crippen molar-refractivity contribution in [2.75, 3.05) is 14.2 Å². The summed E-state index contributed by atoms with van der Waals surface area (Å²) in [6.07, 6.45) is 0. The fraction of sp³-hybridized carbons (Fsp3) is 0.257. The molecule has 0 fully saturated rings. The van der Waals surface area contributed by atoms with Crippen LogP contribution in [-0.4, -0.2) is 19.4 Å². The molecule has 0 bridgehead atoms. The van der Waals surface area contributed by atoms with Crippen molar-refractivity contribution in [2.24, 2.45) is 0 Å².